The first kappa shape index (κ1) is 13.8. The third-order valence-corrected chi connectivity index (χ3v) is 3.46. The monoisotopic (exact) mass is 257 g/mol. The van der Waals surface area contributed by atoms with E-state index in [-0.39, 0.29) is 6.04 Å². The molecule has 0 spiro atoms. The van der Waals surface area contributed by atoms with Gasteiger partial charge in [-0.05, 0) is 24.8 Å². The summed E-state index contributed by atoms with van der Waals surface area (Å²) in [5.41, 5.74) is 8.58. The highest BCUT2D eigenvalue weighted by molar-refractivity contribution is 5.26. The Bertz CT molecular complexity index is 502. The Morgan fingerprint density at radius 2 is 1.84 bits per heavy atom. The lowest BCUT2D eigenvalue weighted by molar-refractivity contribution is 0.415. The van der Waals surface area contributed by atoms with Crippen LogP contribution < -0.4 is 5.73 Å². The summed E-state index contributed by atoms with van der Waals surface area (Å²) in [6.07, 6.45) is 4.91. The molecule has 102 valence electrons. The van der Waals surface area contributed by atoms with Gasteiger partial charge < -0.3 is 10.3 Å². The van der Waals surface area contributed by atoms with Gasteiger partial charge in [-0.3, -0.25) is 0 Å². The Kier molecular flexibility index (Phi) is 4.38. The second-order valence-electron chi connectivity index (χ2n) is 5.59. The molecule has 0 amide bonds. The van der Waals surface area contributed by atoms with Crippen molar-refractivity contribution in [1.82, 2.24) is 9.55 Å². The topological polar surface area (TPSA) is 43.8 Å². The molecule has 2 rings (SSSR count). The molecular formula is C16H23N3. The smallest absolute Gasteiger partial charge is 0.0951 e. The third-order valence-electron chi connectivity index (χ3n) is 3.46. The molecule has 3 nitrogen and oxygen atoms in total. The molecule has 0 aliphatic rings. The van der Waals surface area contributed by atoms with Gasteiger partial charge in [-0.2, -0.15) is 0 Å². The molecule has 0 fully saturated rings. The first-order valence-corrected chi connectivity index (χ1v) is 6.91. The molecule has 2 atom stereocenters. The Hall–Kier alpha value is -1.61. The van der Waals surface area contributed by atoms with Crippen LogP contribution >= 0.6 is 0 Å². The average Bonchev–Trinajstić information content (AvgIpc) is 2.87. The van der Waals surface area contributed by atoms with Crippen LogP contribution in [0.2, 0.25) is 0 Å². The van der Waals surface area contributed by atoms with Crippen LogP contribution in [0.25, 0.3) is 0 Å². The summed E-state index contributed by atoms with van der Waals surface area (Å²) in [6, 6.07) is 10.5. The lowest BCUT2D eigenvalue weighted by Gasteiger charge is -2.21. The number of nitrogens with two attached hydrogens (primary N) is 1. The minimum absolute atomic E-state index is 0.113. The quantitative estimate of drug-likeness (QED) is 0.890. The fourth-order valence-corrected chi connectivity index (χ4v) is 2.55. The van der Waals surface area contributed by atoms with Crippen LogP contribution in [0.4, 0.5) is 0 Å². The fraction of sp³-hybridized carbons (Fsp3) is 0.438. The van der Waals surface area contributed by atoms with Gasteiger partial charge in [0.15, 0.2) is 0 Å². The molecule has 0 radical (unpaired) electrons. The number of imidazole rings is 1. The van der Waals surface area contributed by atoms with Crippen molar-refractivity contribution in [2.24, 2.45) is 11.7 Å². The van der Waals surface area contributed by atoms with Crippen molar-refractivity contribution >= 4 is 0 Å². The normalized spacial score (nSPS) is 14.6. The molecule has 19 heavy (non-hydrogen) atoms. The van der Waals surface area contributed by atoms with E-state index < -0.39 is 0 Å². The van der Waals surface area contributed by atoms with Crippen molar-refractivity contribution in [2.75, 3.05) is 0 Å². The molecule has 1 heterocycles. The summed E-state index contributed by atoms with van der Waals surface area (Å²) >= 11 is 0. The van der Waals surface area contributed by atoms with E-state index in [2.05, 4.69) is 42.5 Å². The van der Waals surface area contributed by atoms with E-state index in [1.165, 1.54) is 0 Å². The van der Waals surface area contributed by atoms with Gasteiger partial charge in [-0.15, -0.1) is 0 Å². The lowest BCUT2D eigenvalue weighted by Crippen LogP contribution is -2.19. The van der Waals surface area contributed by atoms with Gasteiger partial charge in [0.1, 0.15) is 0 Å². The van der Waals surface area contributed by atoms with Crippen LogP contribution in [-0.2, 0) is 0 Å². The van der Waals surface area contributed by atoms with E-state index in [0.717, 1.165) is 17.7 Å². The molecule has 3 heteroatoms. The summed E-state index contributed by atoms with van der Waals surface area (Å²) in [4.78, 5) is 4.28. The molecule has 0 bridgehead atoms. The highest BCUT2D eigenvalue weighted by atomic mass is 15.1. The van der Waals surface area contributed by atoms with Crippen LogP contribution in [0, 0.1) is 5.92 Å². The van der Waals surface area contributed by atoms with Crippen molar-refractivity contribution < 1.29 is 0 Å². The van der Waals surface area contributed by atoms with Crippen molar-refractivity contribution in [2.45, 2.75) is 39.3 Å². The maximum absolute atomic E-state index is 6.37. The van der Waals surface area contributed by atoms with E-state index in [9.17, 15) is 0 Å². The molecule has 2 N–H and O–H groups in total. The minimum atomic E-state index is -0.113. The molecular weight excluding hydrogens is 234 g/mol. The molecule has 0 saturated carbocycles. The zero-order chi connectivity index (χ0) is 13.8. The standard InChI is InChI=1S/C16H23N3/c1-12(2)9-13(3)19-11-18-10-15(19)16(17)14-7-5-4-6-8-14/h4-8,10-13,16H,9,17H2,1-3H3. The van der Waals surface area contributed by atoms with Crippen LogP contribution in [0.5, 0.6) is 0 Å². The second kappa shape index (κ2) is 6.02. The van der Waals surface area contributed by atoms with Gasteiger partial charge in [0.2, 0.25) is 0 Å². The van der Waals surface area contributed by atoms with Crippen LogP contribution in [0.1, 0.15) is 50.5 Å². The molecule has 0 aliphatic carbocycles. The second-order valence-corrected chi connectivity index (χ2v) is 5.59. The number of rotatable bonds is 5. The van der Waals surface area contributed by atoms with Gasteiger partial charge in [0.25, 0.3) is 0 Å². The average molecular weight is 257 g/mol. The summed E-state index contributed by atoms with van der Waals surface area (Å²) in [7, 11) is 0. The predicted molar refractivity (Wildman–Crippen MR) is 78.9 cm³/mol. The summed E-state index contributed by atoms with van der Waals surface area (Å²) in [5, 5.41) is 0. The number of hydrogen-bond donors (Lipinski definition) is 1. The first-order valence-electron chi connectivity index (χ1n) is 6.91. The summed E-state index contributed by atoms with van der Waals surface area (Å²) in [6.45, 7) is 6.71. The molecule has 2 unspecified atom stereocenters. The van der Waals surface area contributed by atoms with Crippen LogP contribution in [0.3, 0.4) is 0 Å². The van der Waals surface area contributed by atoms with E-state index in [1.807, 2.05) is 30.7 Å². The lowest BCUT2D eigenvalue weighted by atomic mass is 10.0. The van der Waals surface area contributed by atoms with Crippen molar-refractivity contribution in [3.63, 3.8) is 0 Å². The zero-order valence-electron chi connectivity index (χ0n) is 12.0. The maximum atomic E-state index is 6.37. The van der Waals surface area contributed by atoms with E-state index in [0.29, 0.717) is 12.0 Å². The van der Waals surface area contributed by atoms with Gasteiger partial charge in [0, 0.05) is 6.04 Å². The Morgan fingerprint density at radius 1 is 1.16 bits per heavy atom. The number of benzene rings is 1. The zero-order valence-corrected chi connectivity index (χ0v) is 12.0. The largest absolute Gasteiger partial charge is 0.330 e. The third kappa shape index (κ3) is 3.24. The fourth-order valence-electron chi connectivity index (χ4n) is 2.55. The van der Waals surface area contributed by atoms with Crippen molar-refractivity contribution in [3.8, 4) is 0 Å². The SMILES string of the molecule is CC(C)CC(C)n1cncc1C(N)c1ccccc1. The molecule has 2 aromatic rings. The van der Waals surface area contributed by atoms with Gasteiger partial charge >= 0.3 is 0 Å². The highest BCUT2D eigenvalue weighted by Gasteiger charge is 2.17. The van der Waals surface area contributed by atoms with Crippen LogP contribution in [-0.4, -0.2) is 9.55 Å². The molecule has 0 saturated heterocycles. The predicted octanol–water partition coefficient (Wildman–Crippen LogP) is 3.54. The minimum Gasteiger partial charge on any atom is -0.330 e. The van der Waals surface area contributed by atoms with Crippen LogP contribution in [0.15, 0.2) is 42.9 Å². The van der Waals surface area contributed by atoms with Gasteiger partial charge in [-0.25, -0.2) is 4.98 Å². The van der Waals surface area contributed by atoms with E-state index in [4.69, 9.17) is 5.73 Å². The highest BCUT2D eigenvalue weighted by Crippen LogP contribution is 2.24. The number of hydrogen-bond acceptors (Lipinski definition) is 2. The van der Waals surface area contributed by atoms with Crippen molar-refractivity contribution in [3.05, 3.63) is 54.1 Å². The molecule has 1 aromatic carbocycles. The summed E-state index contributed by atoms with van der Waals surface area (Å²) in [5.74, 6) is 0.665. The van der Waals surface area contributed by atoms with E-state index >= 15 is 0 Å². The van der Waals surface area contributed by atoms with Gasteiger partial charge in [-0.1, -0.05) is 44.2 Å². The Morgan fingerprint density at radius 3 is 2.47 bits per heavy atom. The number of nitrogens with zero attached hydrogens (tertiary/aromatic N) is 2. The molecule has 1 aromatic heterocycles. The van der Waals surface area contributed by atoms with Gasteiger partial charge in [0.05, 0.1) is 24.3 Å². The molecule has 0 aliphatic heterocycles. The Balaban J connectivity index is 2.24. The van der Waals surface area contributed by atoms with Crippen molar-refractivity contribution in [1.29, 1.82) is 0 Å². The van der Waals surface area contributed by atoms with E-state index in [1.54, 1.807) is 0 Å². The number of aromatic nitrogens is 2. The summed E-state index contributed by atoms with van der Waals surface area (Å²) < 4.78 is 2.21. The Labute approximate surface area is 115 Å². The maximum Gasteiger partial charge on any atom is 0.0951 e. The first-order chi connectivity index (χ1) is 9.09.